The smallest absolute Gasteiger partial charge is 0.259 e. The number of benzene rings is 3. The average Bonchev–Trinajstić information content (AvgIpc) is 3.09. The lowest BCUT2D eigenvalue weighted by Crippen LogP contribution is -2.50. The van der Waals surface area contributed by atoms with E-state index in [4.69, 9.17) is 9.47 Å². The lowest BCUT2D eigenvalue weighted by atomic mass is 9.94. The predicted molar refractivity (Wildman–Crippen MR) is 127 cm³/mol. The van der Waals surface area contributed by atoms with Crippen LogP contribution in [0.2, 0.25) is 0 Å². The van der Waals surface area contributed by atoms with E-state index in [0.717, 1.165) is 29.7 Å². The molecule has 0 radical (unpaired) electrons. The van der Waals surface area contributed by atoms with Gasteiger partial charge in [0, 0.05) is 23.4 Å². The second-order valence-electron chi connectivity index (χ2n) is 8.43. The maximum Gasteiger partial charge on any atom is 0.259 e. The summed E-state index contributed by atoms with van der Waals surface area (Å²) in [5, 5.41) is 2.99. The van der Waals surface area contributed by atoms with Crippen molar-refractivity contribution in [3.63, 3.8) is 0 Å². The molecule has 0 bridgehead atoms. The van der Waals surface area contributed by atoms with Crippen LogP contribution in [0.5, 0.6) is 11.5 Å². The highest BCUT2D eigenvalue weighted by Gasteiger charge is 2.36. The van der Waals surface area contributed by atoms with E-state index in [2.05, 4.69) is 5.32 Å². The van der Waals surface area contributed by atoms with E-state index in [1.54, 1.807) is 23.1 Å². The van der Waals surface area contributed by atoms with E-state index in [1.807, 2.05) is 55.5 Å². The Morgan fingerprint density at radius 2 is 1.70 bits per heavy atom. The summed E-state index contributed by atoms with van der Waals surface area (Å²) in [6, 6.07) is 20.0. The molecule has 1 atom stereocenters. The number of aryl methyl sites for hydroxylation is 2. The molecule has 0 aliphatic carbocycles. The molecule has 1 N–H and O–H groups in total. The lowest BCUT2D eigenvalue weighted by molar-refractivity contribution is -0.117. The Labute approximate surface area is 193 Å². The molecule has 0 aromatic heterocycles. The van der Waals surface area contributed by atoms with Crippen LogP contribution < -0.4 is 19.7 Å². The van der Waals surface area contributed by atoms with Gasteiger partial charge in [0.25, 0.3) is 5.91 Å². The molecule has 2 aliphatic rings. The third kappa shape index (κ3) is 4.29. The summed E-state index contributed by atoms with van der Waals surface area (Å²) in [6.45, 7) is 3.12. The van der Waals surface area contributed by atoms with Gasteiger partial charge in [0.15, 0.2) is 11.5 Å². The summed E-state index contributed by atoms with van der Waals surface area (Å²) in [7, 11) is 0. The summed E-state index contributed by atoms with van der Waals surface area (Å²) < 4.78 is 11.5. The summed E-state index contributed by atoms with van der Waals surface area (Å²) in [5.41, 5.74) is 4.12. The lowest BCUT2D eigenvalue weighted by Gasteiger charge is -2.36. The van der Waals surface area contributed by atoms with Gasteiger partial charge in [0.2, 0.25) is 5.91 Å². The molecule has 1 unspecified atom stereocenters. The minimum atomic E-state index is -0.621. The number of nitrogens with one attached hydrogen (secondary N) is 1. The molecular formula is C27H26N2O4. The standard InChI is InChI=1S/C27H26N2O4/c1-18-7-11-21(12-8-18)28-26(30)23-13-9-19-5-2-3-6-22(19)29(23)27(31)20-10-14-24-25(17-20)33-16-4-15-32-24/h2-3,5-8,10-12,14,17,23H,4,9,13,15-16H2,1H3,(H,28,30). The quantitative estimate of drug-likeness (QED) is 0.635. The van der Waals surface area contributed by atoms with E-state index in [-0.39, 0.29) is 11.8 Å². The van der Waals surface area contributed by atoms with Gasteiger partial charge in [-0.15, -0.1) is 0 Å². The van der Waals surface area contributed by atoms with Gasteiger partial charge in [-0.3, -0.25) is 14.5 Å². The zero-order valence-corrected chi connectivity index (χ0v) is 18.5. The Balaban J connectivity index is 1.48. The number of amides is 2. The topological polar surface area (TPSA) is 67.9 Å². The van der Waals surface area contributed by atoms with Crippen molar-refractivity contribution in [2.75, 3.05) is 23.4 Å². The minimum absolute atomic E-state index is 0.198. The van der Waals surface area contributed by atoms with Crippen LogP contribution in [0.4, 0.5) is 11.4 Å². The number of carbonyl (C=O) groups is 2. The minimum Gasteiger partial charge on any atom is -0.490 e. The summed E-state index contributed by atoms with van der Waals surface area (Å²) in [6.07, 6.45) is 2.07. The molecule has 5 rings (SSSR count). The second-order valence-corrected chi connectivity index (χ2v) is 8.43. The Bertz CT molecular complexity index is 1190. The number of anilines is 2. The fourth-order valence-corrected chi connectivity index (χ4v) is 4.34. The highest BCUT2D eigenvalue weighted by Crippen LogP contribution is 2.35. The maximum absolute atomic E-state index is 13.8. The van der Waals surface area contributed by atoms with Crippen LogP contribution in [0.25, 0.3) is 0 Å². The first kappa shape index (κ1) is 21.1. The van der Waals surface area contributed by atoms with Crippen LogP contribution in [-0.4, -0.2) is 31.1 Å². The van der Waals surface area contributed by atoms with Crippen molar-refractivity contribution < 1.29 is 19.1 Å². The maximum atomic E-state index is 13.8. The number of fused-ring (bicyclic) bond motifs is 2. The highest BCUT2D eigenvalue weighted by atomic mass is 16.5. The molecule has 168 valence electrons. The Morgan fingerprint density at radius 3 is 2.52 bits per heavy atom. The van der Waals surface area contributed by atoms with Gasteiger partial charge in [0.05, 0.1) is 13.2 Å². The zero-order chi connectivity index (χ0) is 22.8. The van der Waals surface area contributed by atoms with Crippen LogP contribution in [0.3, 0.4) is 0 Å². The highest BCUT2D eigenvalue weighted by molar-refractivity contribution is 6.12. The summed E-state index contributed by atoms with van der Waals surface area (Å²) in [5.74, 6) is 0.763. The van der Waals surface area contributed by atoms with Gasteiger partial charge in [-0.1, -0.05) is 35.9 Å². The average molecular weight is 443 g/mol. The van der Waals surface area contributed by atoms with Crippen LogP contribution in [0.15, 0.2) is 66.7 Å². The van der Waals surface area contributed by atoms with Crippen molar-refractivity contribution >= 4 is 23.2 Å². The Morgan fingerprint density at radius 1 is 0.939 bits per heavy atom. The molecule has 0 saturated heterocycles. The van der Waals surface area contributed by atoms with E-state index in [1.165, 1.54) is 0 Å². The first-order valence-electron chi connectivity index (χ1n) is 11.3. The van der Waals surface area contributed by atoms with E-state index >= 15 is 0 Å². The third-order valence-electron chi connectivity index (χ3n) is 6.08. The van der Waals surface area contributed by atoms with Crippen molar-refractivity contribution in [1.82, 2.24) is 0 Å². The number of ether oxygens (including phenoxy) is 2. The Hall–Kier alpha value is -3.80. The number of rotatable bonds is 3. The molecule has 6 heteroatoms. The van der Waals surface area contributed by atoms with Crippen molar-refractivity contribution in [2.45, 2.75) is 32.2 Å². The van der Waals surface area contributed by atoms with Crippen LogP contribution >= 0.6 is 0 Å². The van der Waals surface area contributed by atoms with Gasteiger partial charge < -0.3 is 14.8 Å². The molecule has 0 fully saturated rings. The van der Waals surface area contributed by atoms with E-state index in [0.29, 0.717) is 42.4 Å². The molecule has 3 aromatic carbocycles. The predicted octanol–water partition coefficient (Wildman–Crippen LogP) is 4.76. The van der Waals surface area contributed by atoms with Gasteiger partial charge in [-0.05, 0) is 61.7 Å². The summed E-state index contributed by atoms with van der Waals surface area (Å²) in [4.78, 5) is 28.8. The zero-order valence-electron chi connectivity index (χ0n) is 18.5. The van der Waals surface area contributed by atoms with Gasteiger partial charge in [0.1, 0.15) is 6.04 Å². The van der Waals surface area contributed by atoms with Crippen LogP contribution in [0.1, 0.15) is 34.3 Å². The summed E-state index contributed by atoms with van der Waals surface area (Å²) >= 11 is 0. The number of nitrogens with zero attached hydrogens (tertiary/aromatic N) is 1. The monoisotopic (exact) mass is 442 g/mol. The van der Waals surface area contributed by atoms with Crippen molar-refractivity contribution in [2.24, 2.45) is 0 Å². The third-order valence-corrected chi connectivity index (χ3v) is 6.08. The van der Waals surface area contributed by atoms with Crippen molar-refractivity contribution in [3.05, 3.63) is 83.4 Å². The van der Waals surface area contributed by atoms with Crippen molar-refractivity contribution in [3.8, 4) is 11.5 Å². The van der Waals surface area contributed by atoms with Gasteiger partial charge in [-0.2, -0.15) is 0 Å². The molecule has 0 spiro atoms. The Kier molecular flexibility index (Phi) is 5.73. The molecule has 2 heterocycles. The van der Waals surface area contributed by atoms with Gasteiger partial charge in [-0.25, -0.2) is 0 Å². The number of para-hydroxylation sites is 1. The molecular weight excluding hydrogens is 416 g/mol. The fourth-order valence-electron chi connectivity index (χ4n) is 4.34. The van der Waals surface area contributed by atoms with Crippen LogP contribution in [0, 0.1) is 6.92 Å². The normalized spacial score (nSPS) is 17.0. The van der Waals surface area contributed by atoms with Gasteiger partial charge >= 0.3 is 0 Å². The number of carbonyl (C=O) groups excluding carboxylic acids is 2. The largest absolute Gasteiger partial charge is 0.490 e. The molecule has 2 amide bonds. The first-order chi connectivity index (χ1) is 16.1. The fraction of sp³-hybridized carbons (Fsp3) is 0.259. The van der Waals surface area contributed by atoms with Crippen molar-refractivity contribution in [1.29, 1.82) is 0 Å². The molecule has 6 nitrogen and oxygen atoms in total. The van der Waals surface area contributed by atoms with E-state index < -0.39 is 6.04 Å². The number of hydrogen-bond donors (Lipinski definition) is 1. The molecule has 3 aromatic rings. The second kappa shape index (κ2) is 8.98. The first-order valence-corrected chi connectivity index (χ1v) is 11.3. The SMILES string of the molecule is Cc1ccc(NC(=O)C2CCc3ccccc3N2C(=O)c2ccc3c(c2)OCCCO3)cc1. The van der Waals surface area contributed by atoms with Crippen LogP contribution in [-0.2, 0) is 11.2 Å². The molecule has 2 aliphatic heterocycles. The molecule has 0 saturated carbocycles. The van der Waals surface area contributed by atoms with E-state index in [9.17, 15) is 9.59 Å². The molecule has 33 heavy (non-hydrogen) atoms. The number of hydrogen-bond acceptors (Lipinski definition) is 4.